The van der Waals surface area contributed by atoms with E-state index in [-0.39, 0.29) is 11.8 Å². The van der Waals surface area contributed by atoms with Crippen LogP contribution in [0.3, 0.4) is 0 Å². The Kier molecular flexibility index (Phi) is 5.11. The van der Waals surface area contributed by atoms with E-state index in [1.54, 1.807) is 28.0 Å². The minimum absolute atomic E-state index is 0.0272. The monoisotopic (exact) mass is 485 g/mol. The van der Waals surface area contributed by atoms with Gasteiger partial charge in [-0.25, -0.2) is 0 Å². The Morgan fingerprint density at radius 3 is 2.86 bits per heavy atom. The lowest BCUT2D eigenvalue weighted by molar-refractivity contribution is -0.122. The van der Waals surface area contributed by atoms with Gasteiger partial charge in [0.1, 0.15) is 5.69 Å². The molecule has 1 fully saturated rings. The second-order valence-corrected chi connectivity index (χ2v) is 9.60. The highest BCUT2D eigenvalue weighted by Crippen LogP contribution is 2.45. The zero-order valence-electron chi connectivity index (χ0n) is 19.3. The molecule has 2 aliphatic rings. The standard InChI is InChI=1S/C27H24ClN5O2/c1-2-33-23(9-11-30-33)25(34)31-16-19-7-8-20(28)13-22(19)27(17-31)10-12-32(26(27)35)24-15-29-14-18-5-3-4-6-21(18)24/h3-9,11,13-15H,2,10,12,16-17H2,1H3. The summed E-state index contributed by atoms with van der Waals surface area (Å²) in [7, 11) is 0. The normalized spacial score (nSPS) is 19.5. The zero-order chi connectivity index (χ0) is 24.2. The third-order valence-corrected chi connectivity index (χ3v) is 7.52. The molecule has 1 atom stereocenters. The summed E-state index contributed by atoms with van der Waals surface area (Å²) >= 11 is 6.41. The van der Waals surface area contributed by atoms with E-state index in [1.807, 2.05) is 60.5 Å². The van der Waals surface area contributed by atoms with Crippen molar-refractivity contribution in [2.45, 2.75) is 31.8 Å². The van der Waals surface area contributed by atoms with Crippen molar-refractivity contribution in [3.63, 3.8) is 0 Å². The topological polar surface area (TPSA) is 71.3 Å². The summed E-state index contributed by atoms with van der Waals surface area (Å²) < 4.78 is 1.69. The lowest BCUT2D eigenvalue weighted by Crippen LogP contribution is -2.52. The first-order valence-electron chi connectivity index (χ1n) is 11.8. The Bertz CT molecular complexity index is 1480. The first kappa shape index (κ1) is 21.8. The number of hydrogen-bond acceptors (Lipinski definition) is 4. The van der Waals surface area contributed by atoms with Crippen LogP contribution in [-0.4, -0.2) is 44.6 Å². The van der Waals surface area contributed by atoms with E-state index in [2.05, 4.69) is 10.1 Å². The number of aryl methyl sites for hydroxylation is 1. The molecule has 35 heavy (non-hydrogen) atoms. The molecule has 2 aliphatic heterocycles. The predicted octanol–water partition coefficient (Wildman–Crippen LogP) is 4.44. The number of pyridine rings is 1. The Morgan fingerprint density at radius 2 is 2.00 bits per heavy atom. The number of rotatable bonds is 3. The molecule has 0 bridgehead atoms. The van der Waals surface area contributed by atoms with Gasteiger partial charge in [-0.3, -0.25) is 19.3 Å². The third kappa shape index (κ3) is 3.33. The Morgan fingerprint density at radius 1 is 1.14 bits per heavy atom. The van der Waals surface area contributed by atoms with Crippen molar-refractivity contribution in [3.8, 4) is 0 Å². The summed E-state index contributed by atoms with van der Waals surface area (Å²) in [5.41, 5.74) is 2.31. The summed E-state index contributed by atoms with van der Waals surface area (Å²) in [5.74, 6) is -0.150. The fourth-order valence-corrected chi connectivity index (χ4v) is 5.76. The van der Waals surface area contributed by atoms with Crippen molar-refractivity contribution in [1.29, 1.82) is 0 Å². The fourth-order valence-electron chi connectivity index (χ4n) is 5.59. The molecule has 4 aromatic rings. The number of halogens is 1. The quantitative estimate of drug-likeness (QED) is 0.430. The molecule has 6 rings (SSSR count). The lowest BCUT2D eigenvalue weighted by atomic mass is 9.73. The molecule has 2 aromatic heterocycles. The van der Waals surface area contributed by atoms with Crippen LogP contribution >= 0.6 is 11.6 Å². The molecule has 0 saturated carbocycles. The van der Waals surface area contributed by atoms with Crippen molar-refractivity contribution in [1.82, 2.24) is 19.7 Å². The van der Waals surface area contributed by atoms with Gasteiger partial charge in [0, 0.05) is 54.4 Å². The molecule has 176 valence electrons. The number of carbonyl (C=O) groups is 2. The van der Waals surface area contributed by atoms with E-state index in [9.17, 15) is 9.59 Å². The second kappa shape index (κ2) is 8.20. The molecule has 7 nitrogen and oxygen atoms in total. The number of carbonyl (C=O) groups excluding carboxylic acids is 2. The molecular weight excluding hydrogens is 462 g/mol. The van der Waals surface area contributed by atoms with Gasteiger partial charge in [-0.1, -0.05) is 41.9 Å². The molecule has 0 aliphatic carbocycles. The summed E-state index contributed by atoms with van der Waals surface area (Å²) in [5, 5.41) is 6.81. The molecule has 4 heterocycles. The summed E-state index contributed by atoms with van der Waals surface area (Å²) in [4.78, 5) is 35.9. The summed E-state index contributed by atoms with van der Waals surface area (Å²) in [6, 6.07) is 15.3. The van der Waals surface area contributed by atoms with Gasteiger partial charge in [0.05, 0.1) is 17.3 Å². The molecule has 1 spiro atoms. The van der Waals surface area contributed by atoms with Crippen LogP contribution in [0.4, 0.5) is 5.69 Å². The van der Waals surface area contributed by atoms with Crippen LogP contribution in [0, 0.1) is 0 Å². The Hall–Kier alpha value is -3.71. The van der Waals surface area contributed by atoms with Crippen molar-refractivity contribution < 1.29 is 9.59 Å². The average molecular weight is 486 g/mol. The SMILES string of the molecule is CCn1nccc1C(=O)N1Cc2ccc(Cl)cc2C2(CCN(c3cncc4ccccc34)C2=O)C1. The number of anilines is 1. The van der Waals surface area contributed by atoms with E-state index in [0.717, 1.165) is 27.6 Å². The molecule has 1 saturated heterocycles. The molecule has 0 N–H and O–H groups in total. The smallest absolute Gasteiger partial charge is 0.272 e. The lowest BCUT2D eigenvalue weighted by Gasteiger charge is -2.40. The van der Waals surface area contributed by atoms with E-state index in [4.69, 9.17) is 11.6 Å². The highest BCUT2D eigenvalue weighted by molar-refractivity contribution is 6.30. The first-order chi connectivity index (χ1) is 17.0. The highest BCUT2D eigenvalue weighted by Gasteiger charge is 2.53. The van der Waals surface area contributed by atoms with Crippen LogP contribution in [0.2, 0.25) is 5.02 Å². The number of fused-ring (bicyclic) bond motifs is 3. The zero-order valence-corrected chi connectivity index (χ0v) is 20.1. The minimum atomic E-state index is -0.873. The summed E-state index contributed by atoms with van der Waals surface area (Å²) in [6.45, 7) is 3.80. The average Bonchev–Trinajstić information content (AvgIpc) is 3.49. The van der Waals surface area contributed by atoms with Gasteiger partial charge in [-0.2, -0.15) is 5.10 Å². The largest absolute Gasteiger partial charge is 0.332 e. The fraction of sp³-hybridized carbons (Fsp3) is 0.259. The second-order valence-electron chi connectivity index (χ2n) is 9.16. The molecular formula is C27H24ClN5O2. The van der Waals surface area contributed by atoms with Gasteiger partial charge >= 0.3 is 0 Å². The van der Waals surface area contributed by atoms with Crippen molar-refractivity contribution >= 4 is 39.9 Å². The van der Waals surface area contributed by atoms with E-state index in [1.165, 1.54) is 0 Å². The van der Waals surface area contributed by atoms with E-state index >= 15 is 0 Å². The van der Waals surface area contributed by atoms with Gasteiger partial charge in [-0.05, 0) is 42.7 Å². The van der Waals surface area contributed by atoms with Crippen LogP contribution < -0.4 is 4.90 Å². The van der Waals surface area contributed by atoms with Crippen LogP contribution in [0.25, 0.3) is 10.8 Å². The van der Waals surface area contributed by atoms with E-state index < -0.39 is 5.41 Å². The van der Waals surface area contributed by atoms with Crippen molar-refractivity contribution in [3.05, 3.63) is 89.0 Å². The molecule has 2 aromatic carbocycles. The highest BCUT2D eigenvalue weighted by atomic mass is 35.5. The molecule has 2 amide bonds. The van der Waals surface area contributed by atoms with Gasteiger partial charge in [-0.15, -0.1) is 0 Å². The summed E-state index contributed by atoms with van der Waals surface area (Å²) in [6.07, 6.45) is 5.78. The maximum atomic E-state index is 14.3. The number of aromatic nitrogens is 3. The van der Waals surface area contributed by atoms with Gasteiger partial charge in [0.15, 0.2) is 0 Å². The van der Waals surface area contributed by atoms with Gasteiger partial charge in [0.2, 0.25) is 5.91 Å². The van der Waals surface area contributed by atoms with Crippen LogP contribution in [-0.2, 0) is 23.3 Å². The molecule has 0 radical (unpaired) electrons. The third-order valence-electron chi connectivity index (χ3n) is 7.29. The first-order valence-corrected chi connectivity index (χ1v) is 12.1. The van der Waals surface area contributed by atoms with Crippen molar-refractivity contribution in [2.75, 3.05) is 18.0 Å². The van der Waals surface area contributed by atoms with Crippen LogP contribution in [0.15, 0.2) is 67.1 Å². The van der Waals surface area contributed by atoms with E-state index in [0.29, 0.717) is 43.3 Å². The maximum absolute atomic E-state index is 14.3. The number of hydrogen-bond donors (Lipinski definition) is 0. The minimum Gasteiger partial charge on any atom is -0.332 e. The van der Waals surface area contributed by atoms with Gasteiger partial charge < -0.3 is 9.80 Å². The van der Waals surface area contributed by atoms with Crippen LogP contribution in [0.5, 0.6) is 0 Å². The van der Waals surface area contributed by atoms with Gasteiger partial charge in [0.25, 0.3) is 5.91 Å². The number of benzene rings is 2. The number of nitrogens with zero attached hydrogens (tertiary/aromatic N) is 5. The Balaban J connectivity index is 1.44. The van der Waals surface area contributed by atoms with Crippen molar-refractivity contribution in [2.24, 2.45) is 0 Å². The predicted molar refractivity (Wildman–Crippen MR) is 134 cm³/mol. The Labute approximate surface area is 207 Å². The number of amides is 2. The molecule has 1 unspecified atom stereocenters. The van der Waals surface area contributed by atoms with Crippen LogP contribution in [0.1, 0.15) is 35.0 Å². The maximum Gasteiger partial charge on any atom is 0.272 e. The molecule has 8 heteroatoms.